The second kappa shape index (κ2) is 6.26. The lowest BCUT2D eigenvalue weighted by molar-refractivity contribution is 0.311. The van der Waals surface area contributed by atoms with Crippen LogP contribution in [0.5, 0.6) is 11.5 Å². The number of methoxy groups -OCH3 is 1. The predicted molar refractivity (Wildman–Crippen MR) is 73.6 cm³/mol. The number of ether oxygens (including phenoxy) is 2. The third kappa shape index (κ3) is 3.13. The van der Waals surface area contributed by atoms with Crippen LogP contribution < -0.4 is 14.8 Å². The molecule has 0 fully saturated rings. The zero-order valence-electron chi connectivity index (χ0n) is 10.5. The quantitative estimate of drug-likeness (QED) is 0.870. The maximum absolute atomic E-state index is 5.47. The Labute approximate surface area is 111 Å². The van der Waals surface area contributed by atoms with E-state index in [0.29, 0.717) is 6.61 Å². The van der Waals surface area contributed by atoms with Gasteiger partial charge < -0.3 is 14.8 Å². The lowest BCUT2D eigenvalue weighted by Crippen LogP contribution is -2.00. The summed E-state index contributed by atoms with van der Waals surface area (Å²) in [5, 5.41) is 6.33. The van der Waals surface area contributed by atoms with Crippen LogP contribution in [0.3, 0.4) is 0 Å². The van der Waals surface area contributed by atoms with Crippen molar-refractivity contribution in [3.63, 3.8) is 0 Å². The van der Waals surface area contributed by atoms with Crippen molar-refractivity contribution in [1.29, 1.82) is 0 Å². The van der Waals surface area contributed by atoms with Crippen LogP contribution in [0.4, 0.5) is 5.69 Å². The van der Waals surface area contributed by atoms with Gasteiger partial charge in [0, 0.05) is 23.3 Å². The molecule has 0 aliphatic rings. The molecule has 4 nitrogen and oxygen atoms in total. The number of thiazole rings is 1. The van der Waals surface area contributed by atoms with E-state index in [1.165, 1.54) is 0 Å². The van der Waals surface area contributed by atoms with Crippen LogP contribution >= 0.6 is 11.3 Å². The highest BCUT2D eigenvalue weighted by atomic mass is 32.1. The van der Waals surface area contributed by atoms with E-state index in [4.69, 9.17) is 9.47 Å². The number of rotatable bonds is 6. The molecule has 0 bridgehead atoms. The highest BCUT2D eigenvalue weighted by molar-refractivity contribution is 7.09. The molecule has 0 unspecified atom stereocenters. The van der Waals surface area contributed by atoms with Gasteiger partial charge in [-0.25, -0.2) is 4.98 Å². The smallest absolute Gasteiger partial charge is 0.162 e. The van der Waals surface area contributed by atoms with Gasteiger partial charge in [-0.05, 0) is 19.1 Å². The van der Waals surface area contributed by atoms with E-state index in [0.717, 1.165) is 28.7 Å². The number of hydrogen-bond donors (Lipinski definition) is 1. The molecular weight excluding hydrogens is 248 g/mol. The Bertz CT molecular complexity index is 486. The number of anilines is 1. The molecule has 1 aromatic heterocycles. The molecule has 0 amide bonds. The number of nitrogens with one attached hydrogen (secondary N) is 1. The summed E-state index contributed by atoms with van der Waals surface area (Å²) < 4.78 is 10.8. The van der Waals surface area contributed by atoms with Gasteiger partial charge in [0.05, 0.1) is 20.3 Å². The van der Waals surface area contributed by atoms with Crippen LogP contribution in [0.25, 0.3) is 0 Å². The Balaban J connectivity index is 2.05. The highest BCUT2D eigenvalue weighted by Crippen LogP contribution is 2.30. The summed E-state index contributed by atoms with van der Waals surface area (Å²) in [5.41, 5.74) is 0.991. The van der Waals surface area contributed by atoms with Crippen molar-refractivity contribution >= 4 is 17.0 Å². The lowest BCUT2D eigenvalue weighted by Gasteiger charge is -2.11. The van der Waals surface area contributed by atoms with Crippen molar-refractivity contribution in [2.24, 2.45) is 0 Å². The Hall–Kier alpha value is -1.75. The van der Waals surface area contributed by atoms with E-state index in [9.17, 15) is 0 Å². The van der Waals surface area contributed by atoms with Crippen LogP contribution in [0, 0.1) is 0 Å². The molecule has 5 heteroatoms. The first kappa shape index (κ1) is 12.7. The minimum absolute atomic E-state index is 0.627. The van der Waals surface area contributed by atoms with Gasteiger partial charge in [0.25, 0.3) is 0 Å². The first-order chi connectivity index (χ1) is 8.83. The van der Waals surface area contributed by atoms with E-state index in [-0.39, 0.29) is 0 Å². The fraction of sp³-hybridized carbons (Fsp3) is 0.308. The fourth-order valence-electron chi connectivity index (χ4n) is 1.57. The average molecular weight is 264 g/mol. The van der Waals surface area contributed by atoms with Gasteiger partial charge in [0.2, 0.25) is 0 Å². The Morgan fingerprint density at radius 2 is 2.22 bits per heavy atom. The third-order valence-electron chi connectivity index (χ3n) is 2.39. The normalized spacial score (nSPS) is 10.1. The van der Waals surface area contributed by atoms with Crippen LogP contribution in [0.2, 0.25) is 0 Å². The van der Waals surface area contributed by atoms with Gasteiger partial charge in [-0.1, -0.05) is 0 Å². The molecule has 0 saturated heterocycles. The second-order valence-corrected chi connectivity index (χ2v) is 4.56. The molecule has 0 saturated carbocycles. The molecule has 2 aromatic rings. The molecular formula is C13H16N2O2S. The molecule has 0 radical (unpaired) electrons. The fourth-order valence-corrected chi connectivity index (χ4v) is 2.13. The molecule has 0 aliphatic carbocycles. The van der Waals surface area contributed by atoms with Crippen LogP contribution in [-0.2, 0) is 6.54 Å². The van der Waals surface area contributed by atoms with E-state index >= 15 is 0 Å². The van der Waals surface area contributed by atoms with Crippen molar-refractivity contribution < 1.29 is 9.47 Å². The minimum atomic E-state index is 0.627. The predicted octanol–water partition coefficient (Wildman–Crippen LogP) is 3.16. The first-order valence-corrected chi connectivity index (χ1v) is 6.64. The lowest BCUT2D eigenvalue weighted by atomic mass is 10.2. The summed E-state index contributed by atoms with van der Waals surface area (Å²) in [7, 11) is 1.64. The number of aromatic nitrogens is 1. The number of benzene rings is 1. The van der Waals surface area contributed by atoms with Gasteiger partial charge >= 0.3 is 0 Å². The van der Waals surface area contributed by atoms with Crippen LogP contribution in [0.15, 0.2) is 29.8 Å². The third-order valence-corrected chi connectivity index (χ3v) is 3.17. The van der Waals surface area contributed by atoms with Crippen molar-refractivity contribution in [3.8, 4) is 11.5 Å². The van der Waals surface area contributed by atoms with Gasteiger partial charge in [-0.15, -0.1) is 11.3 Å². The monoisotopic (exact) mass is 264 g/mol. The van der Waals surface area contributed by atoms with E-state index in [2.05, 4.69) is 10.3 Å². The largest absolute Gasteiger partial charge is 0.493 e. The summed E-state index contributed by atoms with van der Waals surface area (Å²) >= 11 is 1.63. The second-order valence-electron chi connectivity index (χ2n) is 3.58. The molecule has 0 atom stereocenters. The first-order valence-electron chi connectivity index (χ1n) is 5.76. The molecule has 96 valence electrons. The van der Waals surface area contributed by atoms with Crippen molar-refractivity contribution in [2.45, 2.75) is 13.5 Å². The van der Waals surface area contributed by atoms with Crippen molar-refractivity contribution in [2.75, 3.05) is 19.0 Å². The van der Waals surface area contributed by atoms with Crippen LogP contribution in [-0.4, -0.2) is 18.7 Å². The molecule has 1 N–H and O–H groups in total. The molecule has 2 rings (SSSR count). The minimum Gasteiger partial charge on any atom is -0.493 e. The van der Waals surface area contributed by atoms with E-state index in [1.807, 2.05) is 30.5 Å². The summed E-state index contributed by atoms with van der Waals surface area (Å²) in [4.78, 5) is 4.22. The maximum Gasteiger partial charge on any atom is 0.162 e. The van der Waals surface area contributed by atoms with E-state index < -0.39 is 0 Å². The topological polar surface area (TPSA) is 43.4 Å². The summed E-state index contributed by atoms with van der Waals surface area (Å²) in [6, 6.07) is 5.81. The standard InChI is InChI=1S/C13H16N2O2S/c1-3-17-11-5-4-10(8-12(11)16-2)15-9-13-14-6-7-18-13/h4-8,15H,3,9H2,1-2H3. The zero-order chi connectivity index (χ0) is 12.8. The number of nitrogens with zero attached hydrogens (tertiary/aromatic N) is 1. The zero-order valence-corrected chi connectivity index (χ0v) is 11.3. The van der Waals surface area contributed by atoms with Crippen molar-refractivity contribution in [3.05, 3.63) is 34.8 Å². The van der Waals surface area contributed by atoms with Gasteiger partial charge in [-0.2, -0.15) is 0 Å². The van der Waals surface area contributed by atoms with Crippen molar-refractivity contribution in [1.82, 2.24) is 4.98 Å². The van der Waals surface area contributed by atoms with Gasteiger partial charge in [0.15, 0.2) is 11.5 Å². The SMILES string of the molecule is CCOc1ccc(NCc2nccs2)cc1OC. The summed E-state index contributed by atoms with van der Waals surface area (Å²) in [6.45, 7) is 3.30. The molecule has 0 spiro atoms. The molecule has 1 aromatic carbocycles. The number of hydrogen-bond acceptors (Lipinski definition) is 5. The molecule has 1 heterocycles. The van der Waals surface area contributed by atoms with Gasteiger partial charge in [0.1, 0.15) is 5.01 Å². The molecule has 0 aliphatic heterocycles. The van der Waals surface area contributed by atoms with Gasteiger partial charge in [-0.3, -0.25) is 0 Å². The molecule has 18 heavy (non-hydrogen) atoms. The Morgan fingerprint density at radius 3 is 2.89 bits per heavy atom. The summed E-state index contributed by atoms with van der Waals surface area (Å²) in [5.74, 6) is 1.50. The highest BCUT2D eigenvalue weighted by Gasteiger charge is 2.05. The maximum atomic E-state index is 5.47. The summed E-state index contributed by atoms with van der Waals surface area (Å²) in [6.07, 6.45) is 1.81. The Morgan fingerprint density at radius 1 is 1.33 bits per heavy atom. The average Bonchev–Trinajstić information content (AvgIpc) is 2.91. The van der Waals surface area contributed by atoms with Crippen LogP contribution in [0.1, 0.15) is 11.9 Å². The Kier molecular flexibility index (Phi) is 4.41. The van der Waals surface area contributed by atoms with E-state index in [1.54, 1.807) is 24.6 Å².